The van der Waals surface area contributed by atoms with E-state index in [2.05, 4.69) is 32.3 Å². The summed E-state index contributed by atoms with van der Waals surface area (Å²) in [7, 11) is 0. The fourth-order valence-corrected chi connectivity index (χ4v) is 8.05. The van der Waals surface area contributed by atoms with Crippen LogP contribution in [0.2, 0.25) is 0 Å². The molecule has 7 nitrogen and oxygen atoms in total. The number of pyridine rings is 1. The average Bonchev–Trinajstić information content (AvgIpc) is 3.34. The van der Waals surface area contributed by atoms with Crippen LogP contribution in [0.1, 0.15) is 42.6 Å². The molecule has 1 spiro atoms. The minimum Gasteiger partial charge on any atom is -0.338 e. The zero-order valence-corrected chi connectivity index (χ0v) is 20.4. The predicted molar refractivity (Wildman–Crippen MR) is 141 cm³/mol. The molecule has 4 aliphatic carbocycles. The van der Waals surface area contributed by atoms with Crippen LogP contribution >= 0.6 is 0 Å². The number of rotatable bonds is 4. The van der Waals surface area contributed by atoms with Crippen molar-refractivity contribution in [1.29, 1.82) is 0 Å². The summed E-state index contributed by atoms with van der Waals surface area (Å²) in [6.07, 6.45) is 7.77. The van der Waals surface area contributed by atoms with Gasteiger partial charge in [0, 0.05) is 23.1 Å². The van der Waals surface area contributed by atoms with E-state index in [1.807, 2.05) is 30.3 Å². The highest BCUT2D eigenvalue weighted by atomic mass is 16.2. The molecule has 4 saturated carbocycles. The number of hydrogen-bond acceptors (Lipinski definition) is 4. The molecule has 3 heterocycles. The van der Waals surface area contributed by atoms with Crippen molar-refractivity contribution in [3.63, 3.8) is 0 Å². The van der Waals surface area contributed by atoms with Gasteiger partial charge in [-0.25, -0.2) is 4.98 Å². The first-order chi connectivity index (χ1) is 18.1. The third-order valence-corrected chi connectivity index (χ3v) is 9.24. The van der Waals surface area contributed by atoms with E-state index in [9.17, 15) is 9.59 Å². The monoisotopic (exact) mass is 489 g/mol. The molecule has 4 bridgehead atoms. The second kappa shape index (κ2) is 7.51. The lowest BCUT2D eigenvalue weighted by Crippen LogP contribution is -2.77. The number of aromatic nitrogens is 3. The molecule has 37 heavy (non-hydrogen) atoms. The Morgan fingerprint density at radius 2 is 1.81 bits per heavy atom. The van der Waals surface area contributed by atoms with Gasteiger partial charge >= 0.3 is 0 Å². The number of anilines is 2. The summed E-state index contributed by atoms with van der Waals surface area (Å²) in [5.41, 5.74) is 4.62. The summed E-state index contributed by atoms with van der Waals surface area (Å²) in [5.74, 6) is 3.09. The van der Waals surface area contributed by atoms with Gasteiger partial charge in [0.05, 0.1) is 22.5 Å². The first-order valence-electron chi connectivity index (χ1n) is 13.2. The number of H-pyrrole nitrogens is 1. The molecule has 184 valence electrons. The molecular weight excluding hydrogens is 462 g/mol. The van der Waals surface area contributed by atoms with Crippen molar-refractivity contribution >= 4 is 34.2 Å². The van der Waals surface area contributed by atoms with E-state index >= 15 is 0 Å². The highest BCUT2D eigenvalue weighted by Crippen LogP contribution is 2.66. The predicted octanol–water partition coefficient (Wildman–Crippen LogP) is 5.42. The van der Waals surface area contributed by atoms with Crippen LogP contribution in [0, 0.1) is 23.2 Å². The molecule has 2 N–H and O–H groups in total. The van der Waals surface area contributed by atoms with Crippen molar-refractivity contribution in [2.24, 2.45) is 23.2 Å². The maximum Gasteiger partial charge on any atom is 0.274 e. The number of aromatic amines is 1. The van der Waals surface area contributed by atoms with Gasteiger partial charge in [0.15, 0.2) is 0 Å². The Labute approximate surface area is 214 Å². The van der Waals surface area contributed by atoms with Gasteiger partial charge in [0.2, 0.25) is 5.91 Å². The number of benzene rings is 2. The number of carbonyl (C=O) groups excluding carboxylic acids is 2. The Hall–Kier alpha value is -4.00. The number of carbonyl (C=O) groups is 2. The fourth-order valence-electron chi connectivity index (χ4n) is 8.05. The number of hydrogen-bond donors (Lipinski definition) is 2. The van der Waals surface area contributed by atoms with Crippen LogP contribution in [0.15, 0.2) is 66.9 Å². The van der Waals surface area contributed by atoms with Crippen LogP contribution < -0.4 is 10.2 Å². The topological polar surface area (TPSA) is 91.0 Å². The first-order valence-corrected chi connectivity index (χ1v) is 13.2. The molecule has 2 aromatic carbocycles. The number of β-lactam (4-membered cyclic amide) rings is 1. The molecule has 3 atom stereocenters. The Morgan fingerprint density at radius 1 is 1.00 bits per heavy atom. The van der Waals surface area contributed by atoms with Gasteiger partial charge in [0.1, 0.15) is 11.5 Å². The molecular formula is C30H27N5O2. The molecule has 3 unspecified atom stereocenters. The van der Waals surface area contributed by atoms with Crippen LogP contribution in [0.3, 0.4) is 0 Å². The molecule has 5 aliphatic rings. The van der Waals surface area contributed by atoms with Gasteiger partial charge in [-0.15, -0.1) is 0 Å². The quantitative estimate of drug-likeness (QED) is 0.375. The zero-order chi connectivity index (χ0) is 24.7. The number of imidazole rings is 1. The molecule has 0 radical (unpaired) electrons. The fraction of sp³-hybridized carbons (Fsp3) is 0.333. The van der Waals surface area contributed by atoms with E-state index in [0.29, 0.717) is 29.2 Å². The Balaban J connectivity index is 1.03. The van der Waals surface area contributed by atoms with E-state index in [-0.39, 0.29) is 11.3 Å². The van der Waals surface area contributed by atoms with Crippen molar-refractivity contribution in [1.82, 2.24) is 15.0 Å². The molecule has 1 saturated heterocycles. The molecule has 2 aromatic heterocycles. The SMILES string of the molecule is O=C(Nc1ccc2nc(-c3ccc(N4C(=O)C56CC7CC(CC(C7)C45)C6)cc3)[nH]c2c1)c1ccccn1. The average molecular weight is 490 g/mol. The third kappa shape index (κ3) is 3.06. The molecule has 7 heteroatoms. The minimum absolute atomic E-state index is 0.0597. The highest BCUT2D eigenvalue weighted by Gasteiger charge is 2.70. The van der Waals surface area contributed by atoms with Gasteiger partial charge in [-0.2, -0.15) is 0 Å². The van der Waals surface area contributed by atoms with Crippen LogP contribution in [0.4, 0.5) is 11.4 Å². The number of nitrogens with one attached hydrogen (secondary N) is 2. The number of fused-ring (bicyclic) bond motifs is 1. The van der Waals surface area contributed by atoms with Gasteiger partial charge in [-0.3, -0.25) is 14.6 Å². The normalized spacial score (nSPS) is 29.3. The maximum absolute atomic E-state index is 13.4. The number of nitrogens with zero attached hydrogens (tertiary/aromatic N) is 3. The van der Waals surface area contributed by atoms with Gasteiger partial charge in [0.25, 0.3) is 5.91 Å². The van der Waals surface area contributed by atoms with Crippen molar-refractivity contribution in [2.75, 3.05) is 10.2 Å². The van der Waals surface area contributed by atoms with Gasteiger partial charge in [-0.1, -0.05) is 6.07 Å². The summed E-state index contributed by atoms with van der Waals surface area (Å²) < 4.78 is 0. The van der Waals surface area contributed by atoms with Gasteiger partial charge < -0.3 is 15.2 Å². The Bertz CT molecular complexity index is 1550. The smallest absolute Gasteiger partial charge is 0.274 e. The summed E-state index contributed by atoms with van der Waals surface area (Å²) in [6, 6.07) is 19.5. The lowest BCUT2D eigenvalue weighted by atomic mass is 9.43. The largest absolute Gasteiger partial charge is 0.338 e. The zero-order valence-electron chi connectivity index (χ0n) is 20.4. The van der Waals surface area contributed by atoms with E-state index < -0.39 is 0 Å². The van der Waals surface area contributed by atoms with E-state index in [1.54, 1.807) is 24.4 Å². The first kappa shape index (κ1) is 21.1. The molecule has 5 fully saturated rings. The second-order valence-electron chi connectivity index (χ2n) is 11.4. The lowest BCUT2D eigenvalue weighted by Gasteiger charge is -2.69. The van der Waals surface area contributed by atoms with Crippen molar-refractivity contribution in [3.8, 4) is 11.4 Å². The Kier molecular flexibility index (Phi) is 4.29. The summed E-state index contributed by atoms with van der Waals surface area (Å²) in [6.45, 7) is 0. The molecule has 4 aromatic rings. The van der Waals surface area contributed by atoms with Crippen LogP contribution in [0.25, 0.3) is 22.4 Å². The van der Waals surface area contributed by atoms with Crippen molar-refractivity contribution in [3.05, 3.63) is 72.6 Å². The Morgan fingerprint density at radius 3 is 2.57 bits per heavy atom. The summed E-state index contributed by atoms with van der Waals surface area (Å²) >= 11 is 0. The number of amides is 2. The summed E-state index contributed by atoms with van der Waals surface area (Å²) in [4.78, 5) is 40.2. The van der Waals surface area contributed by atoms with E-state index in [4.69, 9.17) is 4.98 Å². The second-order valence-corrected chi connectivity index (χ2v) is 11.4. The standard InChI is InChI=1S/C30H27N5O2/c36-28(24-3-1-2-10-31-24)32-21-6-9-23-25(14-21)34-27(33-23)19-4-7-22(8-5-19)35-26-20-12-17-11-18(13-20)16-30(26,15-17)29(35)37/h1-10,14,17-18,20,26H,11-13,15-16H2,(H,32,36)(H,33,34). The molecule has 1 aliphatic heterocycles. The summed E-state index contributed by atoms with van der Waals surface area (Å²) in [5, 5.41) is 2.89. The highest BCUT2D eigenvalue weighted by molar-refractivity contribution is 6.07. The lowest BCUT2D eigenvalue weighted by molar-refractivity contribution is -0.167. The van der Waals surface area contributed by atoms with E-state index in [1.165, 1.54) is 19.3 Å². The van der Waals surface area contributed by atoms with Crippen molar-refractivity contribution in [2.45, 2.75) is 38.1 Å². The van der Waals surface area contributed by atoms with Crippen LogP contribution in [-0.4, -0.2) is 32.8 Å². The van der Waals surface area contributed by atoms with Crippen LogP contribution in [0.5, 0.6) is 0 Å². The minimum atomic E-state index is -0.253. The van der Waals surface area contributed by atoms with Crippen molar-refractivity contribution < 1.29 is 9.59 Å². The third-order valence-electron chi connectivity index (χ3n) is 9.24. The van der Waals surface area contributed by atoms with Gasteiger partial charge in [-0.05, 0) is 104 Å². The molecule has 2 amide bonds. The maximum atomic E-state index is 13.4. The van der Waals surface area contributed by atoms with E-state index in [0.717, 1.165) is 52.8 Å². The molecule has 9 rings (SSSR count). The van der Waals surface area contributed by atoms with Crippen LogP contribution in [-0.2, 0) is 4.79 Å².